The van der Waals surface area contributed by atoms with Gasteiger partial charge in [0, 0.05) is 26.2 Å². The fourth-order valence-corrected chi connectivity index (χ4v) is 1.92. The molecule has 0 saturated carbocycles. The second-order valence-corrected chi connectivity index (χ2v) is 4.04. The minimum Gasteiger partial charge on any atom is -0.361 e. The van der Waals surface area contributed by atoms with Crippen molar-refractivity contribution in [2.24, 2.45) is 0 Å². The van der Waals surface area contributed by atoms with Crippen LogP contribution in [0.4, 0.5) is 11.4 Å². The summed E-state index contributed by atoms with van der Waals surface area (Å²) in [5, 5.41) is 8.61. The molecule has 0 heterocycles. The first-order valence-electron chi connectivity index (χ1n) is 5.98. The monoisotopic (exact) mass is 243 g/mol. The first-order valence-corrected chi connectivity index (χ1v) is 5.98. The Bertz CT molecular complexity index is 390. The van der Waals surface area contributed by atoms with Gasteiger partial charge >= 0.3 is 0 Å². The predicted molar refractivity (Wildman–Crippen MR) is 79.9 cm³/mol. The smallest absolute Gasteiger partial charge is 0.105 e. The van der Waals surface area contributed by atoms with E-state index in [0.29, 0.717) is 5.36 Å². The van der Waals surface area contributed by atoms with Crippen molar-refractivity contribution >= 4 is 11.4 Å². The molecule has 0 amide bonds. The van der Waals surface area contributed by atoms with E-state index in [4.69, 9.17) is 5.41 Å². The number of hydrogen-bond acceptors (Lipinski definition) is 3. The first-order chi connectivity index (χ1) is 8.71. The molecule has 0 aliphatic heterocycles. The Labute approximate surface area is 109 Å². The van der Waals surface area contributed by atoms with Crippen LogP contribution in [0, 0.1) is 5.41 Å². The van der Waals surface area contributed by atoms with Gasteiger partial charge in [-0.3, -0.25) is 5.41 Å². The van der Waals surface area contributed by atoms with Crippen LogP contribution in [-0.2, 0) is 0 Å². The van der Waals surface area contributed by atoms with Crippen LogP contribution in [0.15, 0.2) is 50.6 Å². The largest absolute Gasteiger partial charge is 0.361 e. The van der Waals surface area contributed by atoms with Crippen LogP contribution in [0.1, 0.15) is 0 Å². The van der Waals surface area contributed by atoms with Crippen LogP contribution >= 0.6 is 0 Å². The average molecular weight is 243 g/mol. The van der Waals surface area contributed by atoms with Gasteiger partial charge in [0.2, 0.25) is 0 Å². The minimum atomic E-state index is 0.599. The summed E-state index contributed by atoms with van der Waals surface area (Å²) < 4.78 is 0. The zero-order valence-corrected chi connectivity index (χ0v) is 10.9. The molecule has 96 valence electrons. The molecular formula is C15H21N3. The Morgan fingerprint density at radius 1 is 0.722 bits per heavy atom. The lowest BCUT2D eigenvalue weighted by Crippen LogP contribution is -2.24. The maximum atomic E-state index is 8.01. The summed E-state index contributed by atoms with van der Waals surface area (Å²) in [5.74, 6) is 0. The Morgan fingerprint density at radius 3 is 1.22 bits per heavy atom. The zero-order chi connectivity index (χ0) is 13.5. The van der Waals surface area contributed by atoms with Crippen molar-refractivity contribution in [3.63, 3.8) is 0 Å². The van der Waals surface area contributed by atoms with Crippen molar-refractivity contribution in [3.05, 3.63) is 56.0 Å². The van der Waals surface area contributed by atoms with Crippen LogP contribution < -0.4 is 15.2 Å². The highest BCUT2D eigenvalue weighted by molar-refractivity contribution is 5.85. The van der Waals surface area contributed by atoms with Gasteiger partial charge in [-0.05, 0) is 0 Å². The molecule has 18 heavy (non-hydrogen) atoms. The fourth-order valence-electron chi connectivity index (χ4n) is 1.92. The molecule has 3 nitrogen and oxygen atoms in total. The van der Waals surface area contributed by atoms with Gasteiger partial charge < -0.3 is 9.80 Å². The average Bonchev–Trinajstić information content (AvgIpc) is 3.00. The third-order valence-corrected chi connectivity index (χ3v) is 2.67. The van der Waals surface area contributed by atoms with E-state index in [1.807, 2.05) is 24.3 Å². The molecule has 1 aromatic rings. The molecular weight excluding hydrogens is 222 g/mol. The second-order valence-electron chi connectivity index (χ2n) is 4.04. The molecule has 0 bridgehead atoms. The molecule has 0 aliphatic rings. The van der Waals surface area contributed by atoms with Crippen LogP contribution in [-0.4, -0.2) is 26.2 Å². The lowest BCUT2D eigenvalue weighted by atomic mass is 10.4. The van der Waals surface area contributed by atoms with Gasteiger partial charge in [0.05, 0.1) is 11.4 Å². The normalized spacial score (nSPS) is 10.0. The topological polar surface area (TPSA) is 30.3 Å². The number of rotatable bonds is 10. The van der Waals surface area contributed by atoms with Crippen molar-refractivity contribution in [2.75, 3.05) is 36.0 Å². The molecule has 0 saturated heterocycles. The van der Waals surface area contributed by atoms with Crippen LogP contribution in [0.25, 0.3) is 0 Å². The molecule has 0 aromatic heterocycles. The number of nitrogens with one attached hydrogen (secondary N) is 1. The minimum absolute atomic E-state index is 0.599. The van der Waals surface area contributed by atoms with E-state index < -0.39 is 0 Å². The Hall–Kier alpha value is -2.03. The lowest BCUT2D eigenvalue weighted by Gasteiger charge is -2.20. The third-order valence-electron chi connectivity index (χ3n) is 2.67. The number of hydrogen-bond donors (Lipinski definition) is 1. The van der Waals surface area contributed by atoms with Crippen LogP contribution in [0.3, 0.4) is 0 Å². The maximum Gasteiger partial charge on any atom is 0.105 e. The standard InChI is InChI=1S/C15H21N3/c1-5-9-17(10-6-2)14-13(16)15(14)18(11-7-3)12-8-4/h5-8,16H,1-4,9-12H2. The van der Waals surface area contributed by atoms with Gasteiger partial charge in [-0.2, -0.15) is 0 Å². The summed E-state index contributed by atoms with van der Waals surface area (Å²) in [4.78, 5) is 4.19. The first kappa shape index (κ1) is 14.0. The van der Waals surface area contributed by atoms with E-state index >= 15 is 0 Å². The fraction of sp³-hybridized carbons (Fsp3) is 0.267. The Morgan fingerprint density at radius 2 is 1.00 bits per heavy atom. The highest BCUT2D eigenvalue weighted by Crippen LogP contribution is 2.32. The Kier molecular flexibility index (Phi) is 5.18. The van der Waals surface area contributed by atoms with E-state index in [9.17, 15) is 0 Å². The third kappa shape index (κ3) is 3.00. The van der Waals surface area contributed by atoms with Gasteiger partial charge in [-0.1, -0.05) is 24.3 Å². The van der Waals surface area contributed by atoms with E-state index in [1.165, 1.54) is 0 Å². The molecule has 1 N–H and O–H groups in total. The van der Waals surface area contributed by atoms with Gasteiger partial charge in [0.25, 0.3) is 0 Å². The molecule has 0 radical (unpaired) electrons. The van der Waals surface area contributed by atoms with Gasteiger partial charge in [0.15, 0.2) is 0 Å². The quantitative estimate of drug-likeness (QED) is 0.640. The van der Waals surface area contributed by atoms with Crippen molar-refractivity contribution in [2.45, 2.75) is 0 Å². The van der Waals surface area contributed by atoms with E-state index in [2.05, 4.69) is 36.1 Å². The van der Waals surface area contributed by atoms with Crippen molar-refractivity contribution < 1.29 is 0 Å². The zero-order valence-electron chi connectivity index (χ0n) is 10.9. The summed E-state index contributed by atoms with van der Waals surface area (Å²) in [6.07, 6.45) is 7.35. The number of nitrogens with zero attached hydrogens (tertiary/aromatic N) is 2. The van der Waals surface area contributed by atoms with E-state index in [1.54, 1.807) is 0 Å². The lowest BCUT2D eigenvalue weighted by molar-refractivity contribution is 0.945. The van der Waals surface area contributed by atoms with Crippen LogP contribution in [0.5, 0.6) is 0 Å². The second kappa shape index (κ2) is 6.64. The maximum absolute atomic E-state index is 8.01. The highest BCUT2D eigenvalue weighted by Gasteiger charge is 2.27. The summed E-state index contributed by atoms with van der Waals surface area (Å²) in [5.41, 5.74) is 1.97. The Balaban J connectivity index is 2.88. The summed E-state index contributed by atoms with van der Waals surface area (Å²) >= 11 is 0. The highest BCUT2D eigenvalue weighted by atomic mass is 15.2. The van der Waals surface area contributed by atoms with Crippen molar-refractivity contribution in [1.29, 1.82) is 5.41 Å². The number of anilines is 2. The summed E-state index contributed by atoms with van der Waals surface area (Å²) in [7, 11) is 0. The van der Waals surface area contributed by atoms with Crippen LogP contribution in [0.2, 0.25) is 0 Å². The van der Waals surface area contributed by atoms with Gasteiger partial charge in [0.1, 0.15) is 5.36 Å². The molecule has 1 rings (SSSR count). The molecule has 0 unspecified atom stereocenters. The SMILES string of the molecule is C=CCN(CC=C)c1c(N(CC=C)CC=C)c1=N. The molecule has 3 heteroatoms. The van der Waals surface area contributed by atoms with E-state index in [0.717, 1.165) is 37.6 Å². The molecule has 1 aromatic carbocycles. The molecule has 0 spiro atoms. The predicted octanol–water partition coefficient (Wildman–Crippen LogP) is 2.40. The van der Waals surface area contributed by atoms with Crippen molar-refractivity contribution in [3.8, 4) is 0 Å². The molecule has 0 fully saturated rings. The van der Waals surface area contributed by atoms with Crippen molar-refractivity contribution in [1.82, 2.24) is 0 Å². The van der Waals surface area contributed by atoms with Gasteiger partial charge in [-0.15, -0.1) is 26.3 Å². The summed E-state index contributed by atoms with van der Waals surface area (Å²) in [6.45, 7) is 17.9. The molecule has 0 atom stereocenters. The van der Waals surface area contributed by atoms with Gasteiger partial charge in [-0.25, -0.2) is 0 Å². The molecule has 0 aliphatic carbocycles. The van der Waals surface area contributed by atoms with E-state index in [-0.39, 0.29) is 0 Å². The summed E-state index contributed by atoms with van der Waals surface area (Å²) in [6, 6.07) is 0.